The molecule has 0 aliphatic heterocycles. The Hall–Kier alpha value is -4.13. The maximum absolute atomic E-state index is 12.9. The van der Waals surface area contributed by atoms with Gasteiger partial charge in [0.2, 0.25) is 0 Å². The molecule has 2 heterocycles. The quantitative estimate of drug-likeness (QED) is 0.510. The van der Waals surface area contributed by atoms with Gasteiger partial charge in [0.25, 0.3) is 11.8 Å². The number of hydrazine groups is 1. The van der Waals surface area contributed by atoms with Crippen LogP contribution in [0.3, 0.4) is 0 Å². The number of hydrogen-bond acceptors (Lipinski definition) is 4. The number of para-hydroxylation sites is 1. The van der Waals surface area contributed by atoms with E-state index in [1.807, 2.05) is 61.5 Å². The number of furan rings is 1. The van der Waals surface area contributed by atoms with Crippen LogP contribution in [-0.2, 0) is 0 Å². The Labute approximate surface area is 173 Å². The third-order valence-corrected chi connectivity index (χ3v) is 4.70. The van der Waals surface area contributed by atoms with E-state index in [2.05, 4.69) is 16.0 Å². The maximum Gasteiger partial charge on any atom is 0.273 e. The summed E-state index contributed by atoms with van der Waals surface area (Å²) < 4.78 is 6.77. The first-order valence-electron chi connectivity index (χ1n) is 9.40. The molecule has 2 aromatic carbocycles. The predicted molar refractivity (Wildman–Crippen MR) is 112 cm³/mol. The van der Waals surface area contributed by atoms with E-state index >= 15 is 0 Å². The highest BCUT2D eigenvalue weighted by atomic mass is 16.3. The van der Waals surface area contributed by atoms with E-state index in [-0.39, 0.29) is 0 Å². The van der Waals surface area contributed by atoms with Gasteiger partial charge in [-0.3, -0.25) is 20.4 Å². The number of hydrogen-bond donors (Lipinski definition) is 2. The summed E-state index contributed by atoms with van der Waals surface area (Å²) in [5.74, 6) is -0.455. The fraction of sp³-hybridized carbons (Fsp3) is 0.0870. The molecular weight excluding hydrogens is 380 g/mol. The summed E-state index contributed by atoms with van der Waals surface area (Å²) in [4.78, 5) is 25.2. The van der Waals surface area contributed by atoms with Gasteiger partial charge in [0.1, 0.15) is 11.5 Å². The standard InChI is InChI=1S/C23H20N4O3/c1-15-8-10-17(11-9-15)21-20(14-27(26-21)18-6-4-3-5-7-18)23(29)25-24-22(28)19-12-13-30-16(19)2/h3-14H,1-2H3,(H,24,28)(H,25,29). The van der Waals surface area contributed by atoms with Crippen molar-refractivity contribution >= 4 is 11.8 Å². The Morgan fingerprint density at radius 2 is 1.53 bits per heavy atom. The van der Waals surface area contributed by atoms with Crippen molar-refractivity contribution in [3.63, 3.8) is 0 Å². The summed E-state index contributed by atoms with van der Waals surface area (Å²) in [5, 5.41) is 4.62. The summed E-state index contributed by atoms with van der Waals surface area (Å²) in [5.41, 5.74) is 8.84. The van der Waals surface area contributed by atoms with Crippen molar-refractivity contribution in [2.24, 2.45) is 0 Å². The van der Waals surface area contributed by atoms with Gasteiger partial charge in [-0.2, -0.15) is 5.10 Å². The number of carbonyl (C=O) groups excluding carboxylic acids is 2. The summed E-state index contributed by atoms with van der Waals surface area (Å²) in [6, 6.07) is 18.8. The van der Waals surface area contributed by atoms with Crippen LogP contribution in [0.25, 0.3) is 16.9 Å². The zero-order chi connectivity index (χ0) is 21.1. The molecule has 0 unspecified atom stereocenters. The van der Waals surface area contributed by atoms with Crippen LogP contribution in [-0.4, -0.2) is 21.6 Å². The monoisotopic (exact) mass is 400 g/mol. The van der Waals surface area contributed by atoms with Crippen LogP contribution in [0.15, 0.2) is 77.5 Å². The minimum absolute atomic E-state index is 0.340. The second-order valence-electron chi connectivity index (χ2n) is 6.84. The van der Waals surface area contributed by atoms with Crippen LogP contribution < -0.4 is 10.9 Å². The lowest BCUT2D eigenvalue weighted by Gasteiger charge is -2.07. The summed E-state index contributed by atoms with van der Waals surface area (Å²) in [7, 11) is 0. The highest BCUT2D eigenvalue weighted by molar-refractivity contribution is 6.02. The number of aryl methyl sites for hydroxylation is 2. The highest BCUT2D eigenvalue weighted by Crippen LogP contribution is 2.24. The first kappa shape index (κ1) is 19.2. The van der Waals surface area contributed by atoms with E-state index in [4.69, 9.17) is 4.42 Å². The van der Waals surface area contributed by atoms with Gasteiger partial charge in [0.05, 0.1) is 23.1 Å². The lowest BCUT2D eigenvalue weighted by atomic mass is 10.1. The Morgan fingerprint density at radius 3 is 2.17 bits per heavy atom. The van der Waals surface area contributed by atoms with Gasteiger partial charge < -0.3 is 4.42 Å². The van der Waals surface area contributed by atoms with Gasteiger partial charge in [0, 0.05) is 11.8 Å². The zero-order valence-electron chi connectivity index (χ0n) is 16.5. The van der Waals surface area contributed by atoms with Crippen LogP contribution >= 0.6 is 0 Å². The summed E-state index contributed by atoms with van der Waals surface area (Å²) in [6.45, 7) is 3.67. The average Bonchev–Trinajstić information content (AvgIpc) is 3.40. The van der Waals surface area contributed by atoms with E-state index in [0.717, 1.165) is 16.8 Å². The molecule has 0 saturated carbocycles. The zero-order valence-corrected chi connectivity index (χ0v) is 16.5. The van der Waals surface area contributed by atoms with E-state index in [1.165, 1.54) is 6.26 Å². The first-order valence-corrected chi connectivity index (χ1v) is 9.40. The van der Waals surface area contributed by atoms with Crippen LogP contribution in [0.4, 0.5) is 0 Å². The molecule has 2 N–H and O–H groups in total. The Morgan fingerprint density at radius 1 is 0.867 bits per heavy atom. The number of benzene rings is 2. The number of aromatic nitrogens is 2. The first-order chi connectivity index (χ1) is 14.5. The third-order valence-electron chi connectivity index (χ3n) is 4.70. The topological polar surface area (TPSA) is 89.2 Å². The van der Waals surface area contributed by atoms with Gasteiger partial charge in [-0.25, -0.2) is 4.68 Å². The van der Waals surface area contributed by atoms with E-state index in [0.29, 0.717) is 22.6 Å². The Balaban J connectivity index is 1.64. The van der Waals surface area contributed by atoms with Gasteiger partial charge in [-0.1, -0.05) is 48.0 Å². The molecule has 2 aromatic heterocycles. The molecule has 0 fully saturated rings. The van der Waals surface area contributed by atoms with Crippen molar-refractivity contribution in [1.29, 1.82) is 0 Å². The van der Waals surface area contributed by atoms with Gasteiger partial charge >= 0.3 is 0 Å². The summed E-state index contributed by atoms with van der Waals surface area (Å²) >= 11 is 0. The molecular formula is C23H20N4O3. The molecule has 0 bridgehead atoms. The van der Waals surface area contributed by atoms with Crippen molar-refractivity contribution in [2.45, 2.75) is 13.8 Å². The molecule has 0 aliphatic rings. The highest BCUT2D eigenvalue weighted by Gasteiger charge is 2.20. The van der Waals surface area contributed by atoms with Crippen LogP contribution in [0.5, 0.6) is 0 Å². The minimum Gasteiger partial charge on any atom is -0.469 e. The third kappa shape index (κ3) is 3.86. The van der Waals surface area contributed by atoms with Crippen LogP contribution in [0.1, 0.15) is 32.0 Å². The van der Waals surface area contributed by atoms with Crippen LogP contribution in [0, 0.1) is 13.8 Å². The number of amides is 2. The lowest BCUT2D eigenvalue weighted by Crippen LogP contribution is -2.41. The average molecular weight is 400 g/mol. The van der Waals surface area contributed by atoms with Crippen molar-refractivity contribution in [3.05, 3.63) is 95.6 Å². The van der Waals surface area contributed by atoms with E-state index in [9.17, 15) is 9.59 Å². The molecule has 30 heavy (non-hydrogen) atoms. The maximum atomic E-state index is 12.9. The second-order valence-corrected chi connectivity index (χ2v) is 6.84. The normalized spacial score (nSPS) is 10.6. The van der Waals surface area contributed by atoms with E-state index in [1.54, 1.807) is 23.9 Å². The molecule has 0 saturated heterocycles. The summed E-state index contributed by atoms with van der Waals surface area (Å²) in [6.07, 6.45) is 3.07. The van der Waals surface area contributed by atoms with Gasteiger partial charge in [0.15, 0.2) is 0 Å². The predicted octanol–water partition coefficient (Wildman–Crippen LogP) is 3.82. The molecule has 4 aromatic rings. The molecule has 0 atom stereocenters. The van der Waals surface area contributed by atoms with Crippen molar-refractivity contribution in [1.82, 2.24) is 20.6 Å². The molecule has 150 valence electrons. The fourth-order valence-corrected chi connectivity index (χ4v) is 3.05. The largest absolute Gasteiger partial charge is 0.469 e. The van der Waals surface area contributed by atoms with Gasteiger partial charge in [-0.15, -0.1) is 0 Å². The second kappa shape index (κ2) is 8.08. The molecule has 0 radical (unpaired) electrons. The molecule has 4 rings (SSSR count). The molecule has 7 heteroatoms. The number of rotatable bonds is 4. The van der Waals surface area contributed by atoms with Crippen molar-refractivity contribution in [2.75, 3.05) is 0 Å². The fourth-order valence-electron chi connectivity index (χ4n) is 3.05. The molecule has 0 spiro atoms. The Kier molecular flexibility index (Phi) is 5.17. The number of nitrogens with zero attached hydrogens (tertiary/aromatic N) is 2. The minimum atomic E-state index is -0.470. The smallest absolute Gasteiger partial charge is 0.273 e. The Bertz CT molecular complexity index is 1190. The van der Waals surface area contributed by atoms with Crippen LogP contribution in [0.2, 0.25) is 0 Å². The van der Waals surface area contributed by atoms with Gasteiger partial charge in [-0.05, 0) is 32.0 Å². The van der Waals surface area contributed by atoms with E-state index < -0.39 is 11.8 Å². The number of nitrogens with one attached hydrogen (secondary N) is 2. The molecule has 0 aliphatic carbocycles. The van der Waals surface area contributed by atoms with Crippen molar-refractivity contribution in [3.8, 4) is 16.9 Å². The van der Waals surface area contributed by atoms with Crippen molar-refractivity contribution < 1.29 is 14.0 Å². The lowest BCUT2D eigenvalue weighted by molar-refractivity contribution is 0.0846. The molecule has 2 amide bonds. The number of carbonyl (C=O) groups is 2. The SMILES string of the molecule is Cc1ccc(-c2nn(-c3ccccc3)cc2C(=O)NNC(=O)c2ccoc2C)cc1. The molecule has 7 nitrogen and oxygen atoms in total.